The van der Waals surface area contributed by atoms with Crippen molar-refractivity contribution in [2.75, 3.05) is 6.23 Å². The highest BCUT2D eigenvalue weighted by atomic mass is 28.5. The molecule has 0 aromatic heterocycles. The molecule has 11 heteroatoms. The molecule has 2 unspecified atom stereocenters. The maximum atomic E-state index is 11.2. The molecular formula is C18H46O6Si5. The van der Waals surface area contributed by atoms with Crippen LogP contribution in [0.1, 0.15) is 19.8 Å². The van der Waals surface area contributed by atoms with Crippen molar-refractivity contribution in [2.24, 2.45) is 5.92 Å². The first-order valence-electron chi connectivity index (χ1n) is 10.6. The molecule has 2 atom stereocenters. The second kappa shape index (κ2) is 10.8. The van der Waals surface area contributed by atoms with Crippen LogP contribution in [0.4, 0.5) is 0 Å². The third-order valence-corrected chi connectivity index (χ3v) is 19.9. The van der Waals surface area contributed by atoms with E-state index in [1.807, 2.05) is 0 Å². The first kappa shape index (κ1) is 29.4. The molecule has 29 heavy (non-hydrogen) atoms. The summed E-state index contributed by atoms with van der Waals surface area (Å²) in [4.78, 5) is 11.2. The predicted octanol–water partition coefficient (Wildman–Crippen LogP) is 5.74. The Kier molecular flexibility index (Phi) is 11.0. The van der Waals surface area contributed by atoms with Crippen molar-refractivity contribution >= 4 is 48.0 Å². The number of hydrogen-bond acceptors (Lipinski definition) is 5. The fourth-order valence-electron chi connectivity index (χ4n) is 3.47. The van der Waals surface area contributed by atoms with Crippen LogP contribution < -0.4 is 0 Å². The topological polar surface area (TPSA) is 74.2 Å². The largest absolute Gasteiger partial charge is 0.481 e. The van der Waals surface area contributed by atoms with Gasteiger partial charge in [-0.3, -0.25) is 4.79 Å². The van der Waals surface area contributed by atoms with Crippen LogP contribution in [0.15, 0.2) is 0 Å². The van der Waals surface area contributed by atoms with Crippen LogP contribution in [0.2, 0.25) is 78.1 Å². The van der Waals surface area contributed by atoms with E-state index >= 15 is 0 Å². The van der Waals surface area contributed by atoms with Crippen LogP contribution in [-0.4, -0.2) is 59.4 Å². The summed E-state index contributed by atoms with van der Waals surface area (Å²) in [5.41, 5.74) is 0. The van der Waals surface area contributed by atoms with Crippen LogP contribution >= 0.6 is 0 Å². The van der Waals surface area contributed by atoms with Gasteiger partial charge in [0.15, 0.2) is 25.0 Å². The van der Waals surface area contributed by atoms with Crippen molar-refractivity contribution in [2.45, 2.75) is 97.8 Å². The van der Waals surface area contributed by atoms with E-state index in [9.17, 15) is 9.90 Å². The summed E-state index contributed by atoms with van der Waals surface area (Å²) in [7, 11) is -10.2. The fourth-order valence-corrected chi connectivity index (χ4v) is 25.2. The highest BCUT2D eigenvalue weighted by Crippen LogP contribution is 2.27. The zero-order valence-electron chi connectivity index (χ0n) is 20.9. The van der Waals surface area contributed by atoms with Crippen LogP contribution in [0.25, 0.3) is 0 Å². The van der Waals surface area contributed by atoms with Gasteiger partial charge in [-0.25, -0.2) is 0 Å². The monoisotopic (exact) mass is 498 g/mol. The number of carboxylic acids is 1. The molecule has 0 radical (unpaired) electrons. The normalized spacial score (nSPS) is 17.1. The van der Waals surface area contributed by atoms with Crippen LogP contribution in [0.5, 0.6) is 0 Å². The minimum atomic E-state index is -2.54. The number of aliphatic carboxylic acids is 1. The standard InChI is InChI=1S/C18H46O6Si5/c1-17(18(19)20)14-13-15-29(12,24-28(10,11)23-26(5,6)7)21-16-27(8,9)22-25(2,3)4/h17H,13-16H2,1-12H3,(H,19,20). The second-order valence-corrected chi connectivity index (χ2v) is 31.8. The van der Waals surface area contributed by atoms with Crippen molar-refractivity contribution in [1.82, 2.24) is 0 Å². The fraction of sp³-hybridized carbons (Fsp3) is 0.944. The lowest BCUT2D eigenvalue weighted by Gasteiger charge is -2.40. The molecule has 6 nitrogen and oxygen atoms in total. The molecule has 0 saturated heterocycles. The molecule has 0 heterocycles. The molecule has 0 fully saturated rings. The molecule has 0 aromatic rings. The van der Waals surface area contributed by atoms with E-state index < -0.39 is 48.0 Å². The Morgan fingerprint density at radius 3 is 1.72 bits per heavy atom. The van der Waals surface area contributed by atoms with E-state index in [0.29, 0.717) is 12.7 Å². The van der Waals surface area contributed by atoms with Gasteiger partial charge in [-0.05, 0) is 84.5 Å². The number of rotatable bonds is 14. The average molecular weight is 499 g/mol. The highest BCUT2D eigenvalue weighted by molar-refractivity contribution is 6.87. The van der Waals surface area contributed by atoms with Gasteiger partial charge >= 0.3 is 23.1 Å². The van der Waals surface area contributed by atoms with E-state index in [2.05, 4.69) is 72.0 Å². The van der Waals surface area contributed by atoms with Gasteiger partial charge in [0.05, 0.1) is 12.1 Å². The first-order chi connectivity index (χ1) is 12.7. The third-order valence-electron chi connectivity index (χ3n) is 4.01. The zero-order valence-corrected chi connectivity index (χ0v) is 25.9. The van der Waals surface area contributed by atoms with Gasteiger partial charge < -0.3 is 21.9 Å². The third kappa shape index (κ3) is 14.9. The maximum Gasteiger partial charge on any atom is 0.325 e. The van der Waals surface area contributed by atoms with Crippen molar-refractivity contribution < 1.29 is 26.7 Å². The van der Waals surface area contributed by atoms with Gasteiger partial charge in [-0.1, -0.05) is 13.3 Å². The SMILES string of the molecule is CC(CCC[Si](C)(OC[Si](C)(C)O[Si](C)(C)C)O[Si](C)(C)O[Si](C)(C)C)C(=O)O. The minimum Gasteiger partial charge on any atom is -0.481 e. The molecule has 0 saturated carbocycles. The summed E-state index contributed by atoms with van der Waals surface area (Å²) >= 11 is 0. The minimum absolute atomic E-state index is 0.349. The van der Waals surface area contributed by atoms with E-state index in [4.69, 9.17) is 16.8 Å². The van der Waals surface area contributed by atoms with Crippen molar-refractivity contribution in [3.63, 3.8) is 0 Å². The number of hydrogen-bond donors (Lipinski definition) is 1. The first-order valence-corrected chi connectivity index (χ1v) is 25.9. The average Bonchev–Trinajstić information content (AvgIpc) is 2.39. The zero-order chi connectivity index (χ0) is 23.3. The summed E-state index contributed by atoms with van der Waals surface area (Å²) in [6.45, 7) is 25.6. The lowest BCUT2D eigenvalue weighted by atomic mass is 10.1. The van der Waals surface area contributed by atoms with Gasteiger partial charge in [-0.15, -0.1) is 0 Å². The molecule has 0 aromatic carbocycles. The molecule has 174 valence electrons. The summed E-state index contributed by atoms with van der Waals surface area (Å²) in [6.07, 6.45) is 2.02. The molecule has 0 bridgehead atoms. The van der Waals surface area contributed by atoms with Crippen molar-refractivity contribution in [1.29, 1.82) is 0 Å². The Balaban J connectivity index is 5.28. The Morgan fingerprint density at radius 2 is 1.31 bits per heavy atom. The quantitative estimate of drug-likeness (QED) is 0.308. The molecule has 0 spiro atoms. The molecule has 1 N–H and O–H groups in total. The Hall–Kier alpha value is 0.394. The van der Waals surface area contributed by atoms with Gasteiger partial charge in [0.25, 0.3) is 0 Å². The van der Waals surface area contributed by atoms with Gasteiger partial charge in [0.2, 0.25) is 0 Å². The summed E-state index contributed by atoms with van der Waals surface area (Å²) < 4.78 is 26.0. The van der Waals surface area contributed by atoms with Gasteiger partial charge in [-0.2, -0.15) is 0 Å². The van der Waals surface area contributed by atoms with Crippen molar-refractivity contribution in [3.8, 4) is 0 Å². The smallest absolute Gasteiger partial charge is 0.325 e. The Bertz CT molecular complexity index is 530. The van der Waals surface area contributed by atoms with Crippen molar-refractivity contribution in [3.05, 3.63) is 0 Å². The molecule has 0 amide bonds. The predicted molar refractivity (Wildman–Crippen MR) is 133 cm³/mol. The van der Waals surface area contributed by atoms with Crippen LogP contribution in [0, 0.1) is 5.92 Å². The second-order valence-electron chi connectivity index (χ2n) is 11.2. The van der Waals surface area contributed by atoms with Crippen LogP contribution in [-0.2, 0) is 21.6 Å². The lowest BCUT2D eigenvalue weighted by Crippen LogP contribution is -2.56. The van der Waals surface area contributed by atoms with Gasteiger partial charge in [0, 0.05) is 0 Å². The summed E-state index contributed by atoms with van der Waals surface area (Å²) in [6, 6.07) is 0.771. The highest BCUT2D eigenvalue weighted by Gasteiger charge is 2.43. The van der Waals surface area contributed by atoms with Crippen LogP contribution in [0.3, 0.4) is 0 Å². The maximum absolute atomic E-state index is 11.2. The summed E-state index contributed by atoms with van der Waals surface area (Å²) in [5.74, 6) is -1.10. The van der Waals surface area contributed by atoms with E-state index in [-0.39, 0.29) is 5.92 Å². The van der Waals surface area contributed by atoms with Gasteiger partial charge in [0.1, 0.15) is 0 Å². The molecular weight excluding hydrogens is 453 g/mol. The number of carboxylic acid groups (broad SMARTS) is 1. The lowest BCUT2D eigenvalue weighted by molar-refractivity contribution is -0.141. The molecule has 0 aliphatic heterocycles. The van der Waals surface area contributed by atoms with E-state index in [1.54, 1.807) is 6.92 Å². The van der Waals surface area contributed by atoms with E-state index in [1.165, 1.54) is 0 Å². The molecule has 0 rings (SSSR count). The Morgan fingerprint density at radius 1 is 0.828 bits per heavy atom. The summed E-state index contributed by atoms with van der Waals surface area (Å²) in [5, 5.41) is 9.18. The number of carbonyl (C=O) groups is 1. The molecule has 0 aliphatic carbocycles. The van der Waals surface area contributed by atoms with E-state index in [0.717, 1.165) is 12.5 Å². The Labute approximate surface area is 184 Å². The molecule has 0 aliphatic rings.